The fourth-order valence-corrected chi connectivity index (χ4v) is 7.88. The highest BCUT2D eigenvalue weighted by Crippen LogP contribution is 2.52. The lowest BCUT2D eigenvalue weighted by Crippen LogP contribution is -2.40. The first-order chi connectivity index (χ1) is 24.1. The predicted molar refractivity (Wildman–Crippen MR) is 185 cm³/mol. The molecule has 3 fully saturated rings. The van der Waals surface area contributed by atoms with E-state index in [0.29, 0.717) is 74.0 Å². The van der Waals surface area contributed by atoms with Gasteiger partial charge < -0.3 is 18.8 Å². The van der Waals surface area contributed by atoms with Gasteiger partial charge in [-0.1, -0.05) is 31.2 Å². The molecule has 1 saturated carbocycles. The monoisotopic (exact) mass is 670 g/mol. The van der Waals surface area contributed by atoms with Crippen LogP contribution in [0.3, 0.4) is 0 Å². The van der Waals surface area contributed by atoms with Gasteiger partial charge in [-0.3, -0.25) is 19.4 Å². The summed E-state index contributed by atoms with van der Waals surface area (Å²) < 4.78 is 12.5. The van der Waals surface area contributed by atoms with E-state index >= 15 is 0 Å². The lowest BCUT2D eigenvalue weighted by molar-refractivity contribution is -0.151. The number of carboxylic acid groups (broad SMARTS) is 1. The molecule has 2 saturated heterocycles. The molecule has 2 aromatic heterocycles. The van der Waals surface area contributed by atoms with Crippen LogP contribution in [0.2, 0.25) is 0 Å². The Kier molecular flexibility index (Phi) is 7.62. The highest BCUT2D eigenvalue weighted by atomic mass is 16.4. The molecule has 3 aromatic carbocycles. The van der Waals surface area contributed by atoms with E-state index < -0.39 is 11.4 Å². The molecule has 9 rings (SSSR count). The van der Waals surface area contributed by atoms with Crippen molar-refractivity contribution in [2.75, 3.05) is 26.7 Å². The van der Waals surface area contributed by atoms with Gasteiger partial charge in [0.15, 0.2) is 5.58 Å². The Bertz CT molecular complexity index is 2220. The molecule has 4 aliphatic rings. The van der Waals surface area contributed by atoms with Crippen LogP contribution in [-0.2, 0) is 29.2 Å². The third kappa shape index (κ3) is 5.18. The molecule has 3 aliphatic heterocycles. The molecular formula is C39H38N6O5. The molecule has 11 heteroatoms. The van der Waals surface area contributed by atoms with Gasteiger partial charge in [0.2, 0.25) is 17.7 Å². The second-order valence-electron chi connectivity index (χ2n) is 14.1. The molecule has 5 aromatic rings. The van der Waals surface area contributed by atoms with Crippen molar-refractivity contribution in [1.82, 2.24) is 24.7 Å². The van der Waals surface area contributed by atoms with Crippen LogP contribution in [0, 0.1) is 30.6 Å². The number of carbonyl (C=O) groups is 2. The van der Waals surface area contributed by atoms with Crippen LogP contribution < -0.4 is 0 Å². The van der Waals surface area contributed by atoms with Gasteiger partial charge in [0.25, 0.3) is 0 Å². The molecule has 1 N–H and O–H groups in total. The minimum absolute atomic E-state index is 0.0645. The van der Waals surface area contributed by atoms with Crippen LogP contribution in [0.25, 0.3) is 45.1 Å². The number of nitrogens with zero attached hydrogens (tertiary/aromatic N) is 6. The van der Waals surface area contributed by atoms with Crippen molar-refractivity contribution >= 4 is 23.0 Å². The molecule has 50 heavy (non-hydrogen) atoms. The maximum atomic E-state index is 12.7. The van der Waals surface area contributed by atoms with Gasteiger partial charge in [-0.15, -0.1) is 0 Å². The minimum Gasteiger partial charge on any atom is -0.481 e. The van der Waals surface area contributed by atoms with Crippen molar-refractivity contribution in [2.45, 2.75) is 59.3 Å². The van der Waals surface area contributed by atoms with Crippen LogP contribution in [0.15, 0.2) is 57.4 Å². The number of hydrogen-bond donors (Lipinski definition) is 1. The molecule has 254 valence electrons. The van der Waals surface area contributed by atoms with E-state index in [0.717, 1.165) is 56.9 Å². The quantitative estimate of drug-likeness (QED) is 0.194. The highest BCUT2D eigenvalue weighted by Gasteiger charge is 2.59. The van der Waals surface area contributed by atoms with Gasteiger partial charge in [-0.05, 0) is 92.4 Å². The Morgan fingerprint density at radius 3 is 2.26 bits per heavy atom. The van der Waals surface area contributed by atoms with Crippen molar-refractivity contribution < 1.29 is 23.5 Å². The fourth-order valence-electron chi connectivity index (χ4n) is 7.88. The first kappa shape index (κ1) is 31.9. The van der Waals surface area contributed by atoms with Crippen molar-refractivity contribution in [3.8, 4) is 40.1 Å². The molecule has 0 spiro atoms. The number of benzene rings is 3. The summed E-state index contributed by atoms with van der Waals surface area (Å²) in [4.78, 5) is 40.2. The zero-order chi connectivity index (χ0) is 34.9. The predicted octanol–water partition coefficient (Wildman–Crippen LogP) is 6.15. The van der Waals surface area contributed by atoms with Gasteiger partial charge in [0, 0.05) is 30.3 Å². The number of carbonyl (C=O) groups excluding carboxylic acids is 1. The zero-order valence-electron chi connectivity index (χ0n) is 28.6. The number of amides is 1. The second-order valence-corrected chi connectivity index (χ2v) is 14.1. The number of aromatic nitrogens is 2. The number of fused-ring (bicyclic) bond motifs is 3. The van der Waals surface area contributed by atoms with Crippen molar-refractivity contribution in [3.05, 3.63) is 82.2 Å². The molecule has 2 bridgehead atoms. The average Bonchev–Trinajstić information content (AvgIpc) is 3.90. The minimum atomic E-state index is -0.720. The third-order valence-corrected chi connectivity index (χ3v) is 11.0. The number of carboxylic acids is 1. The maximum absolute atomic E-state index is 12.7. The van der Waals surface area contributed by atoms with E-state index in [2.05, 4.69) is 30.0 Å². The molecule has 0 atom stereocenters. The second kappa shape index (κ2) is 11.9. The van der Waals surface area contributed by atoms with Gasteiger partial charge in [0.05, 0.1) is 30.6 Å². The van der Waals surface area contributed by atoms with Crippen molar-refractivity contribution in [1.29, 1.82) is 5.26 Å². The summed E-state index contributed by atoms with van der Waals surface area (Å²) in [7, 11) is 1.93. The van der Waals surface area contributed by atoms with Gasteiger partial charge in [-0.2, -0.15) is 5.26 Å². The molecule has 0 unspecified atom stereocenters. The number of oxazole rings is 2. The molecule has 0 radical (unpaired) electrons. The standard InChI is InChI=1S/C39H38N6O5/c1-5-43(4)20-34(46)44-18-32-33(19-44)49-36(42-32)29-10-6-8-27(22(29)2)28-9-7-11-30(23(28)3)37-41-31-13-24(12-25(16-40)35(31)50-37)17-45-21-39(38(47)48)14-26(45)15-39/h6-13,26H,5,14-15,17-21H2,1-4H3,(H,47,48). The Hall–Kier alpha value is -5.31. The molecule has 1 amide bonds. The number of aliphatic carboxylic acids is 1. The topological polar surface area (TPSA) is 140 Å². The SMILES string of the molecule is CCN(C)CC(=O)N1Cc2nc(-c3cccc(-c4cccc(-c5nc6cc(CN7CC8(C(=O)O)CC7C8)cc(C#N)c6o5)c4C)c3C)oc2C1. The first-order valence-corrected chi connectivity index (χ1v) is 17.0. The Morgan fingerprint density at radius 1 is 1.00 bits per heavy atom. The summed E-state index contributed by atoms with van der Waals surface area (Å²) in [5, 5.41) is 19.7. The van der Waals surface area contributed by atoms with Crippen molar-refractivity contribution in [3.63, 3.8) is 0 Å². The van der Waals surface area contributed by atoms with Gasteiger partial charge >= 0.3 is 5.97 Å². The summed E-state index contributed by atoms with van der Waals surface area (Å²) in [5.41, 5.74) is 8.30. The van der Waals surface area contributed by atoms with Crippen LogP contribution >= 0.6 is 0 Å². The summed E-state index contributed by atoms with van der Waals surface area (Å²) in [6.45, 7) is 9.26. The Morgan fingerprint density at radius 2 is 1.66 bits per heavy atom. The van der Waals surface area contributed by atoms with E-state index in [9.17, 15) is 20.0 Å². The normalized spacial score (nSPS) is 19.6. The largest absolute Gasteiger partial charge is 0.481 e. The van der Waals surface area contributed by atoms with Crippen molar-refractivity contribution in [2.24, 2.45) is 5.41 Å². The summed E-state index contributed by atoms with van der Waals surface area (Å²) >= 11 is 0. The van der Waals surface area contributed by atoms with Crippen LogP contribution in [0.5, 0.6) is 0 Å². The zero-order valence-corrected chi connectivity index (χ0v) is 28.6. The maximum Gasteiger partial charge on any atom is 0.311 e. The summed E-state index contributed by atoms with van der Waals surface area (Å²) in [5.74, 6) is 1.05. The van der Waals surface area contributed by atoms with Crippen LogP contribution in [0.4, 0.5) is 0 Å². The van der Waals surface area contributed by atoms with E-state index in [1.54, 1.807) is 4.90 Å². The van der Waals surface area contributed by atoms with E-state index in [4.69, 9.17) is 18.8 Å². The highest BCUT2D eigenvalue weighted by molar-refractivity contribution is 5.86. The van der Waals surface area contributed by atoms with Gasteiger partial charge in [-0.25, -0.2) is 9.97 Å². The average molecular weight is 671 g/mol. The lowest BCUT2D eigenvalue weighted by atomic mass is 9.70. The molecule has 11 nitrogen and oxygen atoms in total. The smallest absolute Gasteiger partial charge is 0.311 e. The third-order valence-electron chi connectivity index (χ3n) is 11.0. The fraction of sp³-hybridized carbons (Fsp3) is 0.359. The molecule has 5 heterocycles. The van der Waals surface area contributed by atoms with Gasteiger partial charge in [0.1, 0.15) is 23.0 Å². The van der Waals surface area contributed by atoms with E-state index in [-0.39, 0.29) is 11.9 Å². The van der Waals surface area contributed by atoms with Crippen LogP contribution in [-0.4, -0.2) is 74.4 Å². The summed E-state index contributed by atoms with van der Waals surface area (Å²) in [6, 6.07) is 18.4. The first-order valence-electron chi connectivity index (χ1n) is 17.0. The number of hydrogen-bond acceptors (Lipinski definition) is 9. The number of likely N-dealkylation sites (N-methyl/N-ethyl adjacent to an activating group) is 1. The Labute approximate surface area is 289 Å². The molecular weight excluding hydrogens is 632 g/mol. The number of nitriles is 1. The van der Waals surface area contributed by atoms with E-state index in [1.165, 1.54) is 0 Å². The molecule has 1 aliphatic carbocycles. The summed E-state index contributed by atoms with van der Waals surface area (Å²) in [6.07, 6.45) is 1.36. The van der Waals surface area contributed by atoms with E-state index in [1.807, 2.05) is 62.2 Å². The Balaban J connectivity index is 1.06. The lowest BCUT2D eigenvalue weighted by Gasteiger charge is -2.33. The number of rotatable bonds is 9. The van der Waals surface area contributed by atoms with Crippen LogP contribution in [0.1, 0.15) is 53.5 Å².